The molecule has 0 unspecified atom stereocenters. The van der Waals surface area contributed by atoms with E-state index in [9.17, 15) is 0 Å². The molecular weight excluding hydrogens is 524 g/mol. The van der Waals surface area contributed by atoms with Crippen molar-refractivity contribution in [1.82, 2.24) is 0 Å². The Morgan fingerprint density at radius 3 is 1.18 bits per heavy atom. The molecule has 0 radical (unpaired) electrons. The maximum absolute atomic E-state index is 7.29. The van der Waals surface area contributed by atoms with E-state index in [0.29, 0.717) is 0 Å². The minimum atomic E-state index is -3.09. The summed E-state index contributed by atoms with van der Waals surface area (Å²) in [5.74, 6) is 1.85. The minimum absolute atomic E-state index is 0.137. The van der Waals surface area contributed by atoms with Gasteiger partial charge in [-0.25, -0.2) is 0 Å². The Labute approximate surface area is 243 Å². The van der Waals surface area contributed by atoms with Gasteiger partial charge in [-0.3, -0.25) is 0 Å². The normalized spacial score (nSPS) is 11.7. The van der Waals surface area contributed by atoms with E-state index in [4.69, 9.17) is 8.06 Å². The quantitative estimate of drug-likeness (QED) is 0.150. The Bertz CT molecular complexity index is 1360. The molecule has 0 aliphatic rings. The molecule has 40 heavy (non-hydrogen) atoms. The molecule has 0 atom stereocenters. The van der Waals surface area contributed by atoms with Crippen molar-refractivity contribution in [1.29, 1.82) is 0 Å². The fourth-order valence-electron chi connectivity index (χ4n) is 5.56. The van der Waals surface area contributed by atoms with Crippen LogP contribution in [0, 0.1) is 0 Å². The van der Waals surface area contributed by atoms with Crippen LogP contribution in [-0.4, -0.2) is 7.11 Å². The first kappa shape index (κ1) is 28.0. The van der Waals surface area contributed by atoms with Crippen molar-refractivity contribution in [2.45, 2.75) is 33.4 Å². The SMILES string of the molecule is COc1ccc(C(C)(C)c2ccc([O][Ti]([CH2]c3ccccc3)([CH2]c3ccccc3)[CH2]c3ccccc3)cc2)cc1. The average molecular weight is 563 g/mol. The second-order valence-corrected chi connectivity index (χ2v) is 16.8. The molecule has 0 aliphatic carbocycles. The van der Waals surface area contributed by atoms with Gasteiger partial charge in [0.25, 0.3) is 0 Å². The van der Waals surface area contributed by atoms with Gasteiger partial charge in [-0.15, -0.1) is 0 Å². The number of hydrogen-bond acceptors (Lipinski definition) is 2. The Hall–Kier alpha value is -3.59. The number of methoxy groups -OCH3 is 1. The van der Waals surface area contributed by atoms with Crippen molar-refractivity contribution in [3.8, 4) is 11.5 Å². The van der Waals surface area contributed by atoms with Gasteiger partial charge < -0.3 is 0 Å². The molecule has 0 N–H and O–H groups in total. The first-order chi connectivity index (χ1) is 19.5. The second-order valence-electron chi connectivity index (χ2n) is 11.2. The van der Waals surface area contributed by atoms with Crippen LogP contribution in [0.1, 0.15) is 41.7 Å². The van der Waals surface area contributed by atoms with Gasteiger partial charge >= 0.3 is 244 Å². The molecule has 0 amide bonds. The van der Waals surface area contributed by atoms with E-state index in [1.54, 1.807) is 7.11 Å². The number of ether oxygens (including phenoxy) is 1. The fourth-order valence-corrected chi connectivity index (χ4v) is 12.1. The summed E-state index contributed by atoms with van der Waals surface area (Å²) in [6.45, 7) is 4.54. The molecular formula is C37H38O2Ti. The van der Waals surface area contributed by atoms with Crippen LogP contribution in [0.15, 0.2) is 140 Å². The van der Waals surface area contributed by atoms with E-state index in [2.05, 4.69) is 141 Å². The van der Waals surface area contributed by atoms with Gasteiger partial charge in [0, 0.05) is 0 Å². The monoisotopic (exact) mass is 562 g/mol. The van der Waals surface area contributed by atoms with Crippen LogP contribution in [0.4, 0.5) is 0 Å². The maximum atomic E-state index is 7.29. The van der Waals surface area contributed by atoms with Crippen LogP contribution < -0.4 is 8.06 Å². The molecule has 5 aromatic carbocycles. The first-order valence-corrected chi connectivity index (χ1v) is 18.0. The molecule has 0 spiro atoms. The summed E-state index contributed by atoms with van der Waals surface area (Å²) in [6.07, 6.45) is 0. The fraction of sp³-hybridized carbons (Fsp3) is 0.189. The zero-order chi connectivity index (χ0) is 27.8. The van der Waals surface area contributed by atoms with Crippen molar-refractivity contribution >= 4 is 0 Å². The molecule has 5 aromatic rings. The second kappa shape index (κ2) is 12.7. The summed E-state index contributed by atoms with van der Waals surface area (Å²) in [7, 11) is 1.71. The summed E-state index contributed by atoms with van der Waals surface area (Å²) < 4.78 is 15.6. The Morgan fingerprint density at radius 2 is 0.825 bits per heavy atom. The topological polar surface area (TPSA) is 18.5 Å². The van der Waals surface area contributed by atoms with Crippen molar-refractivity contribution in [3.05, 3.63) is 167 Å². The summed E-state index contributed by atoms with van der Waals surface area (Å²) in [5, 5.41) is 0. The van der Waals surface area contributed by atoms with E-state index in [1.807, 2.05) is 12.1 Å². The third-order valence-electron chi connectivity index (χ3n) is 7.83. The molecule has 2 nitrogen and oxygen atoms in total. The predicted molar refractivity (Wildman–Crippen MR) is 163 cm³/mol. The molecule has 0 bridgehead atoms. The number of hydrogen-bond donors (Lipinski definition) is 0. The Balaban J connectivity index is 1.49. The summed E-state index contributed by atoms with van der Waals surface area (Å²) in [4.78, 5) is 0. The molecule has 0 fully saturated rings. The van der Waals surface area contributed by atoms with Crippen LogP contribution in [0.25, 0.3) is 0 Å². The summed E-state index contributed by atoms with van der Waals surface area (Å²) in [6, 6.07) is 49.9. The Morgan fingerprint density at radius 1 is 0.475 bits per heavy atom. The predicted octanol–water partition coefficient (Wildman–Crippen LogP) is 9.07. The van der Waals surface area contributed by atoms with Gasteiger partial charge in [0.05, 0.1) is 0 Å². The molecule has 0 saturated carbocycles. The molecule has 0 aromatic heterocycles. The molecule has 0 saturated heterocycles. The van der Waals surface area contributed by atoms with Gasteiger partial charge in [0.1, 0.15) is 0 Å². The van der Waals surface area contributed by atoms with Crippen molar-refractivity contribution < 1.29 is 25.0 Å². The van der Waals surface area contributed by atoms with Gasteiger partial charge in [0.15, 0.2) is 0 Å². The van der Waals surface area contributed by atoms with Gasteiger partial charge in [0.2, 0.25) is 0 Å². The van der Waals surface area contributed by atoms with E-state index in [-0.39, 0.29) is 5.41 Å². The van der Waals surface area contributed by atoms with E-state index >= 15 is 0 Å². The van der Waals surface area contributed by atoms with Crippen LogP contribution in [0.3, 0.4) is 0 Å². The number of benzene rings is 5. The van der Waals surface area contributed by atoms with Gasteiger partial charge in [-0.05, 0) is 0 Å². The van der Waals surface area contributed by atoms with Gasteiger partial charge in [-0.2, -0.15) is 0 Å². The van der Waals surface area contributed by atoms with E-state index < -0.39 is 17.0 Å². The zero-order valence-corrected chi connectivity index (χ0v) is 25.3. The van der Waals surface area contributed by atoms with Crippen LogP contribution in [0.5, 0.6) is 11.5 Å². The molecule has 5 rings (SSSR count). The average Bonchev–Trinajstić information content (AvgIpc) is 2.99. The van der Waals surface area contributed by atoms with Crippen molar-refractivity contribution in [2.24, 2.45) is 0 Å². The third-order valence-corrected chi connectivity index (χ3v) is 13.8. The van der Waals surface area contributed by atoms with E-state index in [1.165, 1.54) is 27.8 Å². The summed E-state index contributed by atoms with van der Waals surface area (Å²) in [5.41, 5.74) is 6.44. The third kappa shape index (κ3) is 6.94. The van der Waals surface area contributed by atoms with Gasteiger partial charge in [-0.1, -0.05) is 0 Å². The van der Waals surface area contributed by atoms with E-state index in [0.717, 1.165) is 25.7 Å². The van der Waals surface area contributed by atoms with Crippen LogP contribution in [-0.2, 0) is 36.6 Å². The van der Waals surface area contributed by atoms with Crippen molar-refractivity contribution in [2.75, 3.05) is 7.11 Å². The standard InChI is InChI=1S/C16H18O2.3C7H7.Ti/c1-16(2,12-4-8-14(17)9-5-12)13-6-10-15(18-3)11-7-13;3*1-7-5-3-2-4-6-7;/h4-11,17H,1-3H3;3*2-6H,1H2;/q;;;;+1/p-1. The summed E-state index contributed by atoms with van der Waals surface area (Å²) >= 11 is -3.09. The number of rotatable bonds is 11. The zero-order valence-electron chi connectivity index (χ0n) is 23.7. The molecule has 202 valence electrons. The van der Waals surface area contributed by atoms with Crippen molar-refractivity contribution in [3.63, 3.8) is 0 Å². The first-order valence-electron chi connectivity index (χ1n) is 14.0. The van der Waals surface area contributed by atoms with Crippen LogP contribution in [0.2, 0.25) is 0 Å². The molecule has 0 heterocycles. The van der Waals surface area contributed by atoms with Crippen LogP contribution >= 0.6 is 0 Å². The Kier molecular flexibility index (Phi) is 8.89. The molecule has 3 heteroatoms. The molecule has 0 aliphatic heterocycles.